The first-order valence-corrected chi connectivity index (χ1v) is 9.70. The van der Waals surface area contributed by atoms with Crippen LogP contribution in [0.3, 0.4) is 0 Å². The topological polar surface area (TPSA) is 94.8 Å². The number of H-pyrrole nitrogens is 1. The van der Waals surface area contributed by atoms with E-state index in [2.05, 4.69) is 22.2 Å². The van der Waals surface area contributed by atoms with E-state index in [1.54, 1.807) is 5.01 Å². The third kappa shape index (κ3) is 2.95. The Labute approximate surface area is 167 Å². The molecule has 5 rings (SSSR count). The van der Waals surface area contributed by atoms with Gasteiger partial charge in [0.05, 0.1) is 5.69 Å². The SMILES string of the molecule is NC(=O)C1CC(C(=O)N2CCc3[nH]c4ccccc4c3C2)=NN1c1ccccc1. The van der Waals surface area contributed by atoms with E-state index in [4.69, 9.17) is 5.73 Å². The number of hydrogen-bond donors (Lipinski definition) is 2. The maximum Gasteiger partial charge on any atom is 0.270 e. The second-order valence-electron chi connectivity index (χ2n) is 7.45. The van der Waals surface area contributed by atoms with Crippen LogP contribution in [0.15, 0.2) is 59.7 Å². The Hall–Kier alpha value is -3.61. The van der Waals surface area contributed by atoms with Gasteiger partial charge in [-0.25, -0.2) is 0 Å². The van der Waals surface area contributed by atoms with E-state index in [1.807, 2.05) is 47.4 Å². The summed E-state index contributed by atoms with van der Waals surface area (Å²) in [7, 11) is 0. The molecule has 146 valence electrons. The zero-order valence-electron chi connectivity index (χ0n) is 15.8. The van der Waals surface area contributed by atoms with E-state index in [0.29, 0.717) is 18.8 Å². The molecule has 0 spiro atoms. The predicted molar refractivity (Wildman–Crippen MR) is 111 cm³/mol. The molecule has 1 aromatic heterocycles. The van der Waals surface area contributed by atoms with Gasteiger partial charge in [-0.05, 0) is 18.2 Å². The summed E-state index contributed by atoms with van der Waals surface area (Å²) in [4.78, 5) is 30.5. The fraction of sp³-hybridized carbons (Fsp3) is 0.227. The predicted octanol–water partition coefficient (Wildman–Crippen LogP) is 2.17. The molecular weight excluding hydrogens is 366 g/mol. The lowest BCUT2D eigenvalue weighted by Gasteiger charge is -2.27. The highest BCUT2D eigenvalue weighted by atomic mass is 16.2. The number of nitrogens with zero attached hydrogens (tertiary/aromatic N) is 3. The Morgan fingerprint density at radius 2 is 1.83 bits per heavy atom. The molecule has 1 atom stereocenters. The van der Waals surface area contributed by atoms with Gasteiger partial charge in [-0.2, -0.15) is 5.10 Å². The number of aromatic nitrogens is 1. The highest BCUT2D eigenvalue weighted by molar-refractivity contribution is 6.40. The molecule has 3 heterocycles. The minimum absolute atomic E-state index is 0.134. The molecule has 7 nitrogen and oxygen atoms in total. The molecule has 2 amide bonds. The summed E-state index contributed by atoms with van der Waals surface area (Å²) in [6.45, 7) is 1.15. The van der Waals surface area contributed by atoms with Crippen molar-refractivity contribution in [1.82, 2.24) is 9.88 Å². The smallest absolute Gasteiger partial charge is 0.270 e. The number of para-hydroxylation sites is 2. The number of rotatable bonds is 3. The van der Waals surface area contributed by atoms with Gasteiger partial charge in [0.15, 0.2) is 0 Å². The number of hydrogen-bond acceptors (Lipinski definition) is 4. The van der Waals surface area contributed by atoms with Crippen LogP contribution in [0.2, 0.25) is 0 Å². The number of anilines is 1. The van der Waals surface area contributed by atoms with Crippen LogP contribution in [0.25, 0.3) is 10.9 Å². The van der Waals surface area contributed by atoms with Gasteiger partial charge in [0.1, 0.15) is 11.8 Å². The number of nitrogens with one attached hydrogen (secondary N) is 1. The Bertz CT molecular complexity index is 1130. The maximum absolute atomic E-state index is 13.2. The minimum atomic E-state index is -0.648. The summed E-state index contributed by atoms with van der Waals surface area (Å²) < 4.78 is 0. The lowest BCUT2D eigenvalue weighted by atomic mass is 10.0. The van der Waals surface area contributed by atoms with Gasteiger partial charge < -0.3 is 15.6 Å². The lowest BCUT2D eigenvalue weighted by Crippen LogP contribution is -2.41. The summed E-state index contributed by atoms with van der Waals surface area (Å²) in [5, 5.41) is 7.21. The molecule has 0 aliphatic carbocycles. The maximum atomic E-state index is 13.2. The highest BCUT2D eigenvalue weighted by Crippen LogP contribution is 2.29. The Kier molecular flexibility index (Phi) is 4.08. The number of carbonyl (C=O) groups excluding carboxylic acids is 2. The van der Waals surface area contributed by atoms with Crippen LogP contribution < -0.4 is 10.7 Å². The summed E-state index contributed by atoms with van der Waals surface area (Å²) >= 11 is 0. The van der Waals surface area contributed by atoms with E-state index in [-0.39, 0.29) is 12.3 Å². The van der Waals surface area contributed by atoms with E-state index in [0.717, 1.165) is 28.6 Å². The highest BCUT2D eigenvalue weighted by Gasteiger charge is 2.37. The van der Waals surface area contributed by atoms with E-state index in [9.17, 15) is 9.59 Å². The molecule has 2 aromatic carbocycles. The van der Waals surface area contributed by atoms with Crippen LogP contribution in [0, 0.1) is 0 Å². The molecular formula is C22H21N5O2. The van der Waals surface area contributed by atoms with Gasteiger partial charge in [-0.15, -0.1) is 0 Å². The molecule has 7 heteroatoms. The van der Waals surface area contributed by atoms with Gasteiger partial charge >= 0.3 is 0 Å². The monoisotopic (exact) mass is 387 g/mol. The summed E-state index contributed by atoms with van der Waals surface area (Å²) in [5.74, 6) is -0.622. The van der Waals surface area contributed by atoms with Crippen molar-refractivity contribution in [1.29, 1.82) is 0 Å². The summed E-state index contributed by atoms with van der Waals surface area (Å²) in [5.41, 5.74) is 10.2. The molecule has 3 N–H and O–H groups in total. The first-order chi connectivity index (χ1) is 14.1. The zero-order valence-corrected chi connectivity index (χ0v) is 15.8. The van der Waals surface area contributed by atoms with Crippen LogP contribution >= 0.6 is 0 Å². The number of nitrogens with two attached hydrogens (primary N) is 1. The van der Waals surface area contributed by atoms with Gasteiger partial charge in [-0.3, -0.25) is 14.6 Å². The van der Waals surface area contributed by atoms with E-state index >= 15 is 0 Å². The average Bonchev–Trinajstić information content (AvgIpc) is 3.36. The van der Waals surface area contributed by atoms with Crippen molar-refractivity contribution in [2.24, 2.45) is 10.8 Å². The van der Waals surface area contributed by atoms with Crippen LogP contribution in [0.5, 0.6) is 0 Å². The van der Waals surface area contributed by atoms with Crippen molar-refractivity contribution in [3.05, 3.63) is 65.9 Å². The van der Waals surface area contributed by atoms with Gasteiger partial charge in [0, 0.05) is 48.1 Å². The average molecular weight is 387 g/mol. The van der Waals surface area contributed by atoms with Gasteiger partial charge in [0.2, 0.25) is 5.91 Å². The summed E-state index contributed by atoms with van der Waals surface area (Å²) in [6, 6.07) is 16.8. The number of primary amides is 1. The normalized spacial score (nSPS) is 18.6. The van der Waals surface area contributed by atoms with Crippen LogP contribution in [0.1, 0.15) is 17.7 Å². The minimum Gasteiger partial charge on any atom is -0.368 e. The molecule has 2 aliphatic heterocycles. The van der Waals surface area contributed by atoms with Crippen LogP contribution in [-0.4, -0.2) is 40.0 Å². The van der Waals surface area contributed by atoms with Crippen molar-refractivity contribution in [3.8, 4) is 0 Å². The quantitative estimate of drug-likeness (QED) is 0.721. The molecule has 0 saturated heterocycles. The Morgan fingerprint density at radius 1 is 1.07 bits per heavy atom. The molecule has 1 unspecified atom stereocenters. The molecule has 29 heavy (non-hydrogen) atoms. The Balaban J connectivity index is 1.42. The van der Waals surface area contributed by atoms with E-state index < -0.39 is 11.9 Å². The fourth-order valence-corrected chi connectivity index (χ4v) is 4.20. The van der Waals surface area contributed by atoms with Gasteiger partial charge in [-0.1, -0.05) is 36.4 Å². The second-order valence-corrected chi connectivity index (χ2v) is 7.45. The molecule has 3 aromatic rings. The van der Waals surface area contributed by atoms with Crippen molar-refractivity contribution in [2.45, 2.75) is 25.4 Å². The number of aromatic amines is 1. The number of carbonyl (C=O) groups is 2. The first kappa shape index (κ1) is 17.5. The van der Waals surface area contributed by atoms with Crippen molar-refractivity contribution >= 4 is 34.1 Å². The number of fused-ring (bicyclic) bond motifs is 3. The Morgan fingerprint density at radius 3 is 2.62 bits per heavy atom. The van der Waals surface area contributed by atoms with Crippen LogP contribution in [0.4, 0.5) is 5.69 Å². The largest absolute Gasteiger partial charge is 0.368 e. The molecule has 0 radical (unpaired) electrons. The third-order valence-corrected chi connectivity index (χ3v) is 5.68. The fourth-order valence-electron chi connectivity index (χ4n) is 4.20. The molecule has 0 saturated carbocycles. The number of benzene rings is 2. The van der Waals surface area contributed by atoms with Gasteiger partial charge in [0.25, 0.3) is 5.91 Å². The molecule has 2 aliphatic rings. The molecule has 0 fully saturated rings. The summed E-state index contributed by atoms with van der Waals surface area (Å²) in [6.07, 6.45) is 0.991. The standard InChI is InChI=1S/C22H21N5O2/c23-21(28)20-12-19(25-27(20)14-6-2-1-3-7-14)22(29)26-11-10-18-16(13-26)15-8-4-5-9-17(15)24-18/h1-9,20,24H,10-13H2,(H2,23,28). The zero-order chi connectivity index (χ0) is 20.0. The van der Waals surface area contributed by atoms with Crippen molar-refractivity contribution in [3.63, 3.8) is 0 Å². The van der Waals surface area contributed by atoms with Crippen LogP contribution in [-0.2, 0) is 22.6 Å². The first-order valence-electron chi connectivity index (χ1n) is 9.70. The number of amides is 2. The lowest BCUT2D eigenvalue weighted by molar-refractivity contribution is -0.125. The van der Waals surface area contributed by atoms with Crippen molar-refractivity contribution < 1.29 is 9.59 Å². The molecule has 0 bridgehead atoms. The van der Waals surface area contributed by atoms with Crippen molar-refractivity contribution in [2.75, 3.05) is 11.6 Å². The third-order valence-electron chi connectivity index (χ3n) is 5.68. The number of hydrazone groups is 1. The second kappa shape index (κ2) is 6.77. The van der Waals surface area contributed by atoms with E-state index in [1.165, 1.54) is 5.69 Å².